The van der Waals surface area contributed by atoms with Crippen molar-refractivity contribution in [3.8, 4) is 0 Å². The third kappa shape index (κ3) is 3.83. The first-order valence-electron chi connectivity index (χ1n) is 6.84. The molecule has 0 aliphatic carbocycles. The highest BCUT2D eigenvalue weighted by Crippen LogP contribution is 2.16. The Morgan fingerprint density at radius 3 is 2.73 bits per heavy atom. The Labute approximate surface area is 129 Å². The van der Waals surface area contributed by atoms with Crippen molar-refractivity contribution in [2.75, 3.05) is 6.26 Å². The second-order valence-electron chi connectivity index (χ2n) is 5.37. The van der Waals surface area contributed by atoms with Gasteiger partial charge in [-0.2, -0.15) is 0 Å². The number of aromatic nitrogens is 2. The molecule has 8 heteroatoms. The van der Waals surface area contributed by atoms with E-state index in [1.165, 1.54) is 6.92 Å². The molecule has 1 aromatic heterocycles. The number of amides is 1. The SMILES string of the molecule is Cc1nc2cc(CNC(=O)[C@H](C)NS(C)(=O)=O)ccc2n1C. The summed E-state index contributed by atoms with van der Waals surface area (Å²) in [6, 6.07) is 4.97. The molecule has 0 unspecified atom stereocenters. The molecule has 0 spiro atoms. The molecular formula is C14H20N4O3S. The van der Waals surface area contributed by atoms with Crippen LogP contribution < -0.4 is 10.0 Å². The van der Waals surface area contributed by atoms with Crippen molar-refractivity contribution in [3.63, 3.8) is 0 Å². The molecule has 0 fully saturated rings. The van der Waals surface area contributed by atoms with Gasteiger partial charge in [-0.1, -0.05) is 6.07 Å². The normalized spacial score (nSPS) is 13.3. The van der Waals surface area contributed by atoms with Gasteiger partial charge in [0.15, 0.2) is 0 Å². The van der Waals surface area contributed by atoms with Crippen LogP contribution in [0.3, 0.4) is 0 Å². The van der Waals surface area contributed by atoms with E-state index in [1.807, 2.05) is 36.7 Å². The molecule has 120 valence electrons. The van der Waals surface area contributed by atoms with Crippen LogP contribution in [0.4, 0.5) is 0 Å². The first-order chi connectivity index (χ1) is 10.2. The van der Waals surface area contributed by atoms with Gasteiger partial charge in [-0.25, -0.2) is 18.1 Å². The number of hydrogen-bond donors (Lipinski definition) is 2. The van der Waals surface area contributed by atoms with E-state index in [0.717, 1.165) is 28.7 Å². The lowest BCUT2D eigenvalue weighted by Gasteiger charge is -2.12. The maximum absolute atomic E-state index is 11.9. The molecule has 1 aromatic carbocycles. The maximum atomic E-state index is 11.9. The van der Waals surface area contributed by atoms with Crippen LogP contribution in [0.25, 0.3) is 11.0 Å². The summed E-state index contributed by atoms with van der Waals surface area (Å²) in [5.74, 6) is 0.546. The number of sulfonamides is 1. The van der Waals surface area contributed by atoms with E-state index in [0.29, 0.717) is 6.54 Å². The highest BCUT2D eigenvalue weighted by molar-refractivity contribution is 7.88. The van der Waals surface area contributed by atoms with Gasteiger partial charge in [-0.3, -0.25) is 4.79 Å². The fourth-order valence-corrected chi connectivity index (χ4v) is 2.94. The molecule has 0 radical (unpaired) electrons. The summed E-state index contributed by atoms with van der Waals surface area (Å²) >= 11 is 0. The van der Waals surface area contributed by atoms with E-state index in [2.05, 4.69) is 15.0 Å². The van der Waals surface area contributed by atoms with Gasteiger partial charge in [-0.05, 0) is 31.5 Å². The Morgan fingerprint density at radius 2 is 2.09 bits per heavy atom. The Hall–Kier alpha value is -1.93. The van der Waals surface area contributed by atoms with E-state index in [9.17, 15) is 13.2 Å². The lowest BCUT2D eigenvalue weighted by Crippen LogP contribution is -2.44. The minimum absolute atomic E-state index is 0.320. The van der Waals surface area contributed by atoms with Crippen LogP contribution in [-0.2, 0) is 28.4 Å². The molecule has 22 heavy (non-hydrogen) atoms. The number of fused-ring (bicyclic) bond motifs is 1. The van der Waals surface area contributed by atoms with Crippen LogP contribution in [0.2, 0.25) is 0 Å². The molecule has 0 bridgehead atoms. The zero-order valence-electron chi connectivity index (χ0n) is 13.0. The first-order valence-corrected chi connectivity index (χ1v) is 8.73. The molecule has 2 rings (SSSR count). The van der Waals surface area contributed by atoms with Crippen LogP contribution in [0.1, 0.15) is 18.3 Å². The summed E-state index contributed by atoms with van der Waals surface area (Å²) in [6.07, 6.45) is 1.02. The lowest BCUT2D eigenvalue weighted by molar-refractivity contribution is -0.122. The van der Waals surface area contributed by atoms with Crippen LogP contribution in [-0.4, -0.2) is 36.2 Å². The third-order valence-corrected chi connectivity index (χ3v) is 4.20. The predicted molar refractivity (Wildman–Crippen MR) is 84.7 cm³/mol. The number of imidazole rings is 1. The van der Waals surface area contributed by atoms with Crippen molar-refractivity contribution in [3.05, 3.63) is 29.6 Å². The lowest BCUT2D eigenvalue weighted by atomic mass is 10.2. The van der Waals surface area contributed by atoms with Crippen molar-refractivity contribution in [1.82, 2.24) is 19.6 Å². The molecule has 2 aromatic rings. The fourth-order valence-electron chi connectivity index (χ4n) is 2.19. The van der Waals surface area contributed by atoms with E-state index in [-0.39, 0.29) is 5.91 Å². The van der Waals surface area contributed by atoms with Crippen LogP contribution in [0, 0.1) is 6.92 Å². The molecule has 1 heterocycles. The Morgan fingerprint density at radius 1 is 1.41 bits per heavy atom. The number of nitrogens with one attached hydrogen (secondary N) is 2. The number of aryl methyl sites for hydroxylation is 2. The van der Waals surface area contributed by atoms with Gasteiger partial charge in [-0.15, -0.1) is 0 Å². The number of hydrogen-bond acceptors (Lipinski definition) is 4. The number of rotatable bonds is 5. The van der Waals surface area contributed by atoms with E-state index < -0.39 is 16.1 Å². The molecule has 7 nitrogen and oxygen atoms in total. The summed E-state index contributed by atoms with van der Waals surface area (Å²) in [5.41, 5.74) is 2.80. The quantitative estimate of drug-likeness (QED) is 0.834. The number of benzene rings is 1. The smallest absolute Gasteiger partial charge is 0.238 e. The average molecular weight is 324 g/mol. The average Bonchev–Trinajstić information content (AvgIpc) is 2.69. The van der Waals surface area contributed by atoms with Crippen molar-refractivity contribution in [2.24, 2.45) is 7.05 Å². The summed E-state index contributed by atoms with van der Waals surface area (Å²) < 4.78 is 26.4. The van der Waals surface area contributed by atoms with Crippen molar-refractivity contribution < 1.29 is 13.2 Å². The van der Waals surface area contributed by atoms with E-state index >= 15 is 0 Å². The Bertz CT molecular complexity index is 811. The molecule has 2 N–H and O–H groups in total. The van der Waals surface area contributed by atoms with E-state index in [1.54, 1.807) is 0 Å². The molecule has 0 aliphatic heterocycles. The fraction of sp³-hybridized carbons (Fsp3) is 0.429. The third-order valence-electron chi connectivity index (χ3n) is 3.42. The number of carbonyl (C=O) groups excluding carboxylic acids is 1. The van der Waals surface area contributed by atoms with Gasteiger partial charge >= 0.3 is 0 Å². The summed E-state index contributed by atoms with van der Waals surface area (Å²) in [6.45, 7) is 3.75. The topological polar surface area (TPSA) is 93.1 Å². The Kier molecular flexibility index (Phi) is 4.52. The van der Waals surface area contributed by atoms with Gasteiger partial charge in [0.25, 0.3) is 0 Å². The minimum atomic E-state index is -3.41. The predicted octanol–water partition coefficient (Wildman–Crippen LogP) is 0.436. The van der Waals surface area contributed by atoms with Crippen molar-refractivity contribution in [2.45, 2.75) is 26.4 Å². The number of nitrogens with zero attached hydrogens (tertiary/aromatic N) is 2. The highest BCUT2D eigenvalue weighted by Gasteiger charge is 2.16. The molecule has 1 amide bonds. The first kappa shape index (κ1) is 16.4. The zero-order chi connectivity index (χ0) is 16.5. The minimum Gasteiger partial charge on any atom is -0.351 e. The highest BCUT2D eigenvalue weighted by atomic mass is 32.2. The van der Waals surface area contributed by atoms with Crippen LogP contribution in [0.15, 0.2) is 18.2 Å². The number of carbonyl (C=O) groups is 1. The summed E-state index contributed by atoms with van der Waals surface area (Å²) in [4.78, 5) is 16.3. The van der Waals surface area contributed by atoms with Gasteiger partial charge in [0.05, 0.1) is 23.3 Å². The van der Waals surface area contributed by atoms with Gasteiger partial charge in [0.1, 0.15) is 5.82 Å². The molecule has 0 saturated carbocycles. The van der Waals surface area contributed by atoms with Crippen molar-refractivity contribution >= 4 is 27.0 Å². The zero-order valence-corrected chi connectivity index (χ0v) is 13.9. The second-order valence-corrected chi connectivity index (χ2v) is 7.15. The monoisotopic (exact) mass is 324 g/mol. The summed E-state index contributed by atoms with van der Waals surface area (Å²) in [5, 5.41) is 2.71. The van der Waals surface area contributed by atoms with Gasteiger partial charge in [0, 0.05) is 13.6 Å². The standard InChI is InChI=1S/C14H20N4O3S/c1-9(17-22(4,20)21)14(19)15-8-11-5-6-13-12(7-11)16-10(2)18(13)3/h5-7,9,17H,8H2,1-4H3,(H,15,19)/t9-/m0/s1. The van der Waals surface area contributed by atoms with Gasteiger partial charge in [0.2, 0.25) is 15.9 Å². The van der Waals surface area contributed by atoms with Crippen LogP contribution in [0.5, 0.6) is 0 Å². The maximum Gasteiger partial charge on any atom is 0.238 e. The second kappa shape index (κ2) is 6.05. The Balaban J connectivity index is 2.04. The van der Waals surface area contributed by atoms with Crippen LogP contribution >= 0.6 is 0 Å². The van der Waals surface area contributed by atoms with E-state index in [4.69, 9.17) is 0 Å². The van der Waals surface area contributed by atoms with Gasteiger partial charge < -0.3 is 9.88 Å². The van der Waals surface area contributed by atoms with Crippen molar-refractivity contribution in [1.29, 1.82) is 0 Å². The molecule has 1 atom stereocenters. The largest absolute Gasteiger partial charge is 0.351 e. The molecular weight excluding hydrogens is 304 g/mol. The molecule has 0 aliphatic rings. The molecule has 0 saturated heterocycles. The summed E-state index contributed by atoms with van der Waals surface area (Å²) in [7, 11) is -1.46.